The Balaban J connectivity index is 1.65. The summed E-state index contributed by atoms with van der Waals surface area (Å²) in [4.78, 5) is 1.10. The van der Waals surface area contributed by atoms with Gasteiger partial charge in [-0.05, 0) is 35.6 Å². The third-order valence-electron chi connectivity index (χ3n) is 2.44. The second-order valence-electron chi connectivity index (χ2n) is 3.88. The van der Waals surface area contributed by atoms with E-state index >= 15 is 0 Å². The van der Waals surface area contributed by atoms with Crippen LogP contribution in [0.1, 0.15) is 10.4 Å². The summed E-state index contributed by atoms with van der Waals surface area (Å²) in [6, 6.07) is 14.3. The minimum absolute atomic E-state index is 0.545. The van der Waals surface area contributed by atoms with Crippen LogP contribution in [0.15, 0.2) is 52.9 Å². The van der Waals surface area contributed by atoms with Gasteiger partial charge in [0.2, 0.25) is 0 Å². The number of nitrogens with one attached hydrogen (secondary N) is 2. The smallest absolute Gasteiger partial charge is 0.186 e. The van der Waals surface area contributed by atoms with E-state index in [9.17, 15) is 0 Å². The number of hydrogen-bond acceptors (Lipinski definition) is 3. The van der Waals surface area contributed by atoms with Gasteiger partial charge in [0, 0.05) is 11.4 Å². The number of thiocarbonyl (C=S) groups is 1. The standard InChI is InChI=1S/C14H15N3S2/c18-14(17-16-11-13-7-4-10-19-13)15-9-8-12-5-2-1-3-6-12/h1-7,10-11H,8-9H2,(H2,15,17,18)/b16-11+. The van der Waals surface area contributed by atoms with E-state index in [2.05, 4.69) is 28.0 Å². The molecule has 0 aliphatic rings. The summed E-state index contributed by atoms with van der Waals surface area (Å²) in [7, 11) is 0. The molecule has 19 heavy (non-hydrogen) atoms. The van der Waals surface area contributed by atoms with E-state index < -0.39 is 0 Å². The highest BCUT2D eigenvalue weighted by Crippen LogP contribution is 2.04. The van der Waals surface area contributed by atoms with Crippen molar-refractivity contribution in [1.82, 2.24) is 10.7 Å². The molecule has 0 atom stereocenters. The van der Waals surface area contributed by atoms with Crippen LogP contribution in [0.2, 0.25) is 0 Å². The Labute approximate surface area is 122 Å². The highest BCUT2D eigenvalue weighted by molar-refractivity contribution is 7.80. The molecule has 0 aliphatic carbocycles. The van der Waals surface area contributed by atoms with E-state index in [0.29, 0.717) is 5.11 Å². The fourth-order valence-corrected chi connectivity index (χ4v) is 2.26. The molecule has 1 heterocycles. The highest BCUT2D eigenvalue weighted by Gasteiger charge is 1.94. The summed E-state index contributed by atoms with van der Waals surface area (Å²) in [6.45, 7) is 0.796. The van der Waals surface area contributed by atoms with Gasteiger partial charge in [0.25, 0.3) is 0 Å². The molecule has 0 aliphatic heterocycles. The summed E-state index contributed by atoms with van der Waals surface area (Å²) < 4.78 is 0. The lowest BCUT2D eigenvalue weighted by Crippen LogP contribution is -2.33. The SMILES string of the molecule is S=C(NCCc1ccccc1)N/N=C/c1cccs1. The molecular formula is C14H15N3S2. The van der Waals surface area contributed by atoms with E-state index in [0.717, 1.165) is 17.8 Å². The quantitative estimate of drug-likeness (QED) is 0.505. The molecule has 0 spiro atoms. The topological polar surface area (TPSA) is 36.4 Å². The van der Waals surface area contributed by atoms with E-state index in [1.54, 1.807) is 17.6 Å². The Kier molecular flexibility index (Phi) is 5.52. The van der Waals surface area contributed by atoms with E-state index in [-0.39, 0.29) is 0 Å². The van der Waals surface area contributed by atoms with Crippen LogP contribution >= 0.6 is 23.6 Å². The van der Waals surface area contributed by atoms with Crippen molar-refractivity contribution < 1.29 is 0 Å². The number of benzene rings is 1. The lowest BCUT2D eigenvalue weighted by molar-refractivity contribution is 0.838. The molecular weight excluding hydrogens is 274 g/mol. The Morgan fingerprint density at radius 1 is 1.21 bits per heavy atom. The average molecular weight is 289 g/mol. The highest BCUT2D eigenvalue weighted by atomic mass is 32.1. The van der Waals surface area contributed by atoms with Crippen LogP contribution in [0.25, 0.3) is 0 Å². The van der Waals surface area contributed by atoms with Crippen LogP contribution in [-0.2, 0) is 6.42 Å². The first-order valence-electron chi connectivity index (χ1n) is 5.99. The van der Waals surface area contributed by atoms with Gasteiger partial charge in [0.05, 0.1) is 6.21 Å². The predicted octanol–water partition coefficient (Wildman–Crippen LogP) is 2.79. The molecule has 0 radical (unpaired) electrons. The van der Waals surface area contributed by atoms with Crippen molar-refractivity contribution in [3.8, 4) is 0 Å². The van der Waals surface area contributed by atoms with Crippen molar-refractivity contribution in [2.75, 3.05) is 6.54 Å². The molecule has 2 N–H and O–H groups in total. The van der Waals surface area contributed by atoms with Crippen LogP contribution in [0.5, 0.6) is 0 Å². The van der Waals surface area contributed by atoms with Crippen molar-refractivity contribution in [3.05, 3.63) is 58.3 Å². The number of hydrogen-bond donors (Lipinski definition) is 2. The van der Waals surface area contributed by atoms with Gasteiger partial charge in [-0.15, -0.1) is 11.3 Å². The van der Waals surface area contributed by atoms with Crippen molar-refractivity contribution in [3.63, 3.8) is 0 Å². The molecule has 3 nitrogen and oxygen atoms in total. The van der Waals surface area contributed by atoms with Crippen LogP contribution < -0.4 is 10.7 Å². The van der Waals surface area contributed by atoms with Crippen LogP contribution in [0, 0.1) is 0 Å². The fraction of sp³-hybridized carbons (Fsp3) is 0.143. The van der Waals surface area contributed by atoms with E-state index in [1.807, 2.05) is 35.7 Å². The second-order valence-corrected chi connectivity index (χ2v) is 5.26. The van der Waals surface area contributed by atoms with Crippen LogP contribution in [0.4, 0.5) is 0 Å². The molecule has 98 valence electrons. The van der Waals surface area contributed by atoms with Crippen molar-refractivity contribution in [2.24, 2.45) is 5.10 Å². The van der Waals surface area contributed by atoms with Gasteiger partial charge in [-0.3, -0.25) is 5.43 Å². The number of hydrazone groups is 1. The van der Waals surface area contributed by atoms with Crippen molar-refractivity contribution >= 4 is 34.9 Å². The van der Waals surface area contributed by atoms with Gasteiger partial charge in [0.1, 0.15) is 0 Å². The van der Waals surface area contributed by atoms with Crippen LogP contribution in [-0.4, -0.2) is 17.9 Å². The van der Waals surface area contributed by atoms with Gasteiger partial charge in [-0.25, -0.2) is 0 Å². The molecule has 0 fully saturated rings. The Bertz CT molecular complexity index is 521. The van der Waals surface area contributed by atoms with Gasteiger partial charge in [0.15, 0.2) is 5.11 Å². The van der Waals surface area contributed by atoms with E-state index in [4.69, 9.17) is 12.2 Å². The minimum atomic E-state index is 0.545. The number of nitrogens with zero attached hydrogens (tertiary/aromatic N) is 1. The zero-order valence-corrected chi connectivity index (χ0v) is 12.0. The maximum absolute atomic E-state index is 5.13. The average Bonchev–Trinajstić information content (AvgIpc) is 2.93. The minimum Gasteiger partial charge on any atom is -0.361 e. The zero-order chi connectivity index (χ0) is 13.3. The first kappa shape index (κ1) is 13.7. The zero-order valence-electron chi connectivity index (χ0n) is 10.4. The predicted molar refractivity (Wildman–Crippen MR) is 85.8 cm³/mol. The third-order valence-corrected chi connectivity index (χ3v) is 3.49. The maximum Gasteiger partial charge on any atom is 0.186 e. The van der Waals surface area contributed by atoms with Gasteiger partial charge >= 0.3 is 0 Å². The summed E-state index contributed by atoms with van der Waals surface area (Å²) in [5.74, 6) is 0. The first-order valence-corrected chi connectivity index (χ1v) is 7.28. The first-order chi connectivity index (χ1) is 9.34. The molecule has 1 aromatic carbocycles. The summed E-state index contributed by atoms with van der Waals surface area (Å²) in [5.41, 5.74) is 4.10. The molecule has 1 aromatic heterocycles. The molecule has 0 bridgehead atoms. The monoisotopic (exact) mass is 289 g/mol. The third kappa shape index (κ3) is 5.19. The second kappa shape index (κ2) is 7.66. The largest absolute Gasteiger partial charge is 0.361 e. The lowest BCUT2D eigenvalue weighted by atomic mass is 10.1. The number of rotatable bonds is 5. The summed E-state index contributed by atoms with van der Waals surface area (Å²) in [5, 5.41) is 9.75. The Morgan fingerprint density at radius 3 is 2.79 bits per heavy atom. The molecule has 5 heteroatoms. The van der Waals surface area contributed by atoms with E-state index in [1.165, 1.54) is 5.56 Å². The molecule has 0 saturated carbocycles. The molecule has 0 amide bonds. The maximum atomic E-state index is 5.13. The molecule has 0 unspecified atom stereocenters. The van der Waals surface area contributed by atoms with Gasteiger partial charge in [-0.2, -0.15) is 5.10 Å². The molecule has 2 aromatic rings. The molecule has 0 saturated heterocycles. The summed E-state index contributed by atoms with van der Waals surface area (Å²) in [6.07, 6.45) is 2.70. The van der Waals surface area contributed by atoms with Crippen LogP contribution in [0.3, 0.4) is 0 Å². The van der Waals surface area contributed by atoms with Gasteiger partial charge in [-0.1, -0.05) is 36.4 Å². The van der Waals surface area contributed by atoms with Crippen molar-refractivity contribution in [1.29, 1.82) is 0 Å². The number of thiophene rings is 1. The Morgan fingerprint density at radius 2 is 2.05 bits per heavy atom. The molecule has 2 rings (SSSR count). The van der Waals surface area contributed by atoms with Crippen molar-refractivity contribution in [2.45, 2.75) is 6.42 Å². The fourth-order valence-electron chi connectivity index (χ4n) is 1.52. The summed E-state index contributed by atoms with van der Waals surface area (Å²) >= 11 is 6.77. The Hall–Kier alpha value is -1.72. The normalized spacial score (nSPS) is 10.5. The van der Waals surface area contributed by atoms with Gasteiger partial charge < -0.3 is 5.32 Å². The lowest BCUT2D eigenvalue weighted by Gasteiger charge is -2.06.